The van der Waals surface area contributed by atoms with Crippen molar-refractivity contribution in [3.8, 4) is 0 Å². The molecule has 0 aliphatic heterocycles. The molecule has 1 aliphatic rings. The standard InChI is InChI=1S/C18H19ClN2O2/c19-16-5-1-4-15(11-16)18(6-7-18)17(23)21(9-10-22)13-14-3-2-8-20-12-14/h1-5,8,11-12,22H,6-7,9-10,13H2. The summed E-state index contributed by atoms with van der Waals surface area (Å²) in [5.41, 5.74) is 1.43. The number of rotatable bonds is 6. The number of halogens is 1. The average Bonchev–Trinajstić information content (AvgIpc) is 3.37. The molecule has 1 aromatic carbocycles. The van der Waals surface area contributed by atoms with Crippen LogP contribution < -0.4 is 0 Å². The van der Waals surface area contributed by atoms with Crippen molar-refractivity contribution in [3.63, 3.8) is 0 Å². The summed E-state index contributed by atoms with van der Waals surface area (Å²) in [5, 5.41) is 9.98. The second kappa shape index (κ2) is 6.69. The van der Waals surface area contributed by atoms with E-state index in [2.05, 4.69) is 4.98 Å². The van der Waals surface area contributed by atoms with Crippen LogP contribution in [0.25, 0.3) is 0 Å². The molecule has 0 atom stereocenters. The fraction of sp³-hybridized carbons (Fsp3) is 0.333. The summed E-state index contributed by atoms with van der Waals surface area (Å²) >= 11 is 6.08. The van der Waals surface area contributed by atoms with E-state index in [9.17, 15) is 9.90 Å². The molecule has 0 unspecified atom stereocenters. The Morgan fingerprint density at radius 1 is 1.30 bits per heavy atom. The molecule has 1 aliphatic carbocycles. The Balaban J connectivity index is 1.83. The SMILES string of the molecule is O=C(N(CCO)Cc1cccnc1)C1(c2cccc(Cl)c2)CC1. The highest BCUT2D eigenvalue weighted by Crippen LogP contribution is 2.50. The van der Waals surface area contributed by atoms with E-state index in [0.717, 1.165) is 24.0 Å². The van der Waals surface area contributed by atoms with Gasteiger partial charge in [-0.3, -0.25) is 9.78 Å². The molecule has 3 rings (SSSR count). The van der Waals surface area contributed by atoms with E-state index in [0.29, 0.717) is 18.1 Å². The zero-order chi connectivity index (χ0) is 16.3. The molecule has 1 fully saturated rings. The molecule has 120 valence electrons. The van der Waals surface area contributed by atoms with Gasteiger partial charge in [-0.15, -0.1) is 0 Å². The van der Waals surface area contributed by atoms with Crippen LogP contribution in [0, 0.1) is 0 Å². The van der Waals surface area contributed by atoms with E-state index in [1.165, 1.54) is 0 Å². The maximum atomic E-state index is 13.1. The van der Waals surface area contributed by atoms with Crippen LogP contribution in [0.4, 0.5) is 0 Å². The molecule has 1 amide bonds. The van der Waals surface area contributed by atoms with Gasteiger partial charge in [-0.1, -0.05) is 29.8 Å². The smallest absolute Gasteiger partial charge is 0.233 e. The van der Waals surface area contributed by atoms with Gasteiger partial charge in [0, 0.05) is 30.5 Å². The first-order chi connectivity index (χ1) is 11.2. The lowest BCUT2D eigenvalue weighted by molar-refractivity contribution is -0.135. The number of aliphatic hydroxyl groups excluding tert-OH is 1. The van der Waals surface area contributed by atoms with Crippen molar-refractivity contribution in [2.45, 2.75) is 24.8 Å². The minimum atomic E-state index is -0.484. The number of hydrogen-bond acceptors (Lipinski definition) is 3. The number of carbonyl (C=O) groups is 1. The van der Waals surface area contributed by atoms with Crippen molar-refractivity contribution in [2.24, 2.45) is 0 Å². The Morgan fingerprint density at radius 2 is 2.13 bits per heavy atom. The lowest BCUT2D eigenvalue weighted by atomic mass is 9.94. The van der Waals surface area contributed by atoms with Crippen molar-refractivity contribution in [3.05, 3.63) is 64.9 Å². The normalized spacial score (nSPS) is 15.2. The molecule has 1 N–H and O–H groups in total. The highest BCUT2D eigenvalue weighted by molar-refractivity contribution is 6.30. The van der Waals surface area contributed by atoms with Crippen molar-refractivity contribution < 1.29 is 9.90 Å². The first kappa shape index (κ1) is 16.0. The molecule has 0 radical (unpaired) electrons. The molecule has 1 saturated carbocycles. The number of amides is 1. The van der Waals surface area contributed by atoms with Gasteiger partial charge in [-0.2, -0.15) is 0 Å². The van der Waals surface area contributed by atoms with Gasteiger partial charge in [0.2, 0.25) is 5.91 Å². The van der Waals surface area contributed by atoms with E-state index in [-0.39, 0.29) is 12.5 Å². The fourth-order valence-corrected chi connectivity index (χ4v) is 3.12. The quantitative estimate of drug-likeness (QED) is 0.886. The maximum absolute atomic E-state index is 13.1. The van der Waals surface area contributed by atoms with Gasteiger partial charge in [0.05, 0.1) is 12.0 Å². The van der Waals surface area contributed by atoms with Gasteiger partial charge in [0.1, 0.15) is 0 Å². The zero-order valence-electron chi connectivity index (χ0n) is 12.8. The van der Waals surface area contributed by atoms with Crippen LogP contribution in [0.1, 0.15) is 24.0 Å². The third-order valence-electron chi connectivity index (χ3n) is 4.29. The summed E-state index contributed by atoms with van der Waals surface area (Å²) in [7, 11) is 0. The Kier molecular flexibility index (Phi) is 4.64. The summed E-state index contributed by atoms with van der Waals surface area (Å²) in [5.74, 6) is 0.0534. The van der Waals surface area contributed by atoms with Gasteiger partial charge in [-0.05, 0) is 42.2 Å². The second-order valence-electron chi connectivity index (χ2n) is 5.90. The molecular weight excluding hydrogens is 312 g/mol. The number of benzene rings is 1. The van der Waals surface area contributed by atoms with E-state index in [1.54, 1.807) is 17.3 Å². The van der Waals surface area contributed by atoms with E-state index >= 15 is 0 Å². The highest BCUT2D eigenvalue weighted by atomic mass is 35.5. The van der Waals surface area contributed by atoms with Crippen LogP contribution in [0.15, 0.2) is 48.8 Å². The lowest BCUT2D eigenvalue weighted by Crippen LogP contribution is -2.40. The molecule has 0 saturated heterocycles. The van der Waals surface area contributed by atoms with Gasteiger partial charge in [-0.25, -0.2) is 0 Å². The van der Waals surface area contributed by atoms with E-state index in [4.69, 9.17) is 11.6 Å². The Morgan fingerprint density at radius 3 is 2.74 bits per heavy atom. The molecule has 4 nitrogen and oxygen atoms in total. The van der Waals surface area contributed by atoms with Crippen LogP contribution in [0.2, 0.25) is 5.02 Å². The second-order valence-corrected chi connectivity index (χ2v) is 6.34. The van der Waals surface area contributed by atoms with Crippen LogP contribution in [-0.4, -0.2) is 34.0 Å². The largest absolute Gasteiger partial charge is 0.395 e. The van der Waals surface area contributed by atoms with Gasteiger partial charge in [0.15, 0.2) is 0 Å². The number of aromatic nitrogens is 1. The van der Waals surface area contributed by atoms with Crippen LogP contribution in [-0.2, 0) is 16.8 Å². The summed E-state index contributed by atoms with van der Waals surface area (Å²) in [4.78, 5) is 18.9. The fourth-order valence-electron chi connectivity index (χ4n) is 2.92. The molecular formula is C18H19ClN2O2. The topological polar surface area (TPSA) is 53.4 Å². The predicted molar refractivity (Wildman–Crippen MR) is 89.1 cm³/mol. The third kappa shape index (κ3) is 3.38. The lowest BCUT2D eigenvalue weighted by Gasteiger charge is -2.27. The summed E-state index contributed by atoms with van der Waals surface area (Å²) < 4.78 is 0. The number of hydrogen-bond donors (Lipinski definition) is 1. The van der Waals surface area contributed by atoms with Crippen molar-refractivity contribution in [2.75, 3.05) is 13.2 Å². The maximum Gasteiger partial charge on any atom is 0.233 e. The zero-order valence-corrected chi connectivity index (χ0v) is 13.5. The van der Waals surface area contributed by atoms with Crippen LogP contribution in [0.5, 0.6) is 0 Å². The third-order valence-corrected chi connectivity index (χ3v) is 4.53. The summed E-state index contributed by atoms with van der Waals surface area (Å²) in [6.45, 7) is 0.712. The van der Waals surface area contributed by atoms with Crippen LogP contribution in [0.3, 0.4) is 0 Å². The monoisotopic (exact) mass is 330 g/mol. The summed E-state index contributed by atoms with van der Waals surface area (Å²) in [6.07, 6.45) is 5.09. The number of nitrogens with zero attached hydrogens (tertiary/aromatic N) is 2. The minimum absolute atomic E-state index is 0.0534. The van der Waals surface area contributed by atoms with E-state index in [1.807, 2.05) is 36.4 Å². The molecule has 0 bridgehead atoms. The number of pyridine rings is 1. The van der Waals surface area contributed by atoms with Gasteiger partial charge < -0.3 is 10.0 Å². The number of aliphatic hydroxyl groups is 1. The highest BCUT2D eigenvalue weighted by Gasteiger charge is 2.52. The molecule has 23 heavy (non-hydrogen) atoms. The predicted octanol–water partition coefficient (Wildman–Crippen LogP) is 2.79. The first-order valence-corrected chi connectivity index (χ1v) is 8.09. The first-order valence-electron chi connectivity index (χ1n) is 7.71. The average molecular weight is 331 g/mol. The van der Waals surface area contributed by atoms with E-state index < -0.39 is 5.41 Å². The minimum Gasteiger partial charge on any atom is -0.395 e. The molecule has 1 heterocycles. The Labute approximate surface area is 140 Å². The van der Waals surface area contributed by atoms with Gasteiger partial charge in [0.25, 0.3) is 0 Å². The number of carbonyl (C=O) groups excluding carboxylic acids is 1. The Bertz CT molecular complexity index is 686. The molecule has 1 aromatic heterocycles. The molecule has 2 aromatic rings. The van der Waals surface area contributed by atoms with Crippen molar-refractivity contribution in [1.29, 1.82) is 0 Å². The van der Waals surface area contributed by atoms with Crippen molar-refractivity contribution >= 4 is 17.5 Å². The molecule has 0 spiro atoms. The molecule has 5 heteroatoms. The van der Waals surface area contributed by atoms with Gasteiger partial charge >= 0.3 is 0 Å². The van der Waals surface area contributed by atoms with Crippen LogP contribution >= 0.6 is 11.6 Å². The Hall–Kier alpha value is -1.91. The van der Waals surface area contributed by atoms with Crippen molar-refractivity contribution in [1.82, 2.24) is 9.88 Å². The summed E-state index contributed by atoms with van der Waals surface area (Å²) in [6, 6.07) is 11.3.